The highest BCUT2D eigenvalue weighted by Gasteiger charge is 2.33. The quantitative estimate of drug-likeness (QED) is 0.239. The lowest BCUT2D eigenvalue weighted by molar-refractivity contribution is 0.141. The summed E-state index contributed by atoms with van der Waals surface area (Å²) in [5.74, 6) is 2.22. The molecule has 0 saturated heterocycles. The van der Waals surface area contributed by atoms with Crippen LogP contribution in [-0.4, -0.2) is 49.5 Å². The molecule has 32 heavy (non-hydrogen) atoms. The first-order valence-corrected chi connectivity index (χ1v) is 11.6. The lowest BCUT2D eigenvalue weighted by Gasteiger charge is -2.27. The van der Waals surface area contributed by atoms with Crippen LogP contribution in [0.4, 0.5) is 0 Å². The van der Waals surface area contributed by atoms with Crippen molar-refractivity contribution in [3.8, 4) is 11.5 Å². The van der Waals surface area contributed by atoms with Crippen LogP contribution in [-0.2, 0) is 17.6 Å². The van der Waals surface area contributed by atoms with Crippen molar-refractivity contribution in [3.63, 3.8) is 0 Å². The molecular formula is C24H38IN5O2. The average molecular weight is 556 g/mol. The number of aryl methyl sites for hydroxylation is 1. The van der Waals surface area contributed by atoms with Crippen molar-refractivity contribution < 1.29 is 9.26 Å². The molecule has 0 amide bonds. The third kappa shape index (κ3) is 7.72. The number of rotatable bonds is 11. The number of benzene rings is 1. The van der Waals surface area contributed by atoms with Crippen LogP contribution < -0.4 is 10.6 Å². The lowest BCUT2D eigenvalue weighted by Crippen LogP contribution is -2.39. The van der Waals surface area contributed by atoms with Crippen LogP contribution in [0.1, 0.15) is 57.3 Å². The number of ether oxygens (including phenoxy) is 1. The molecule has 0 atom stereocenters. The van der Waals surface area contributed by atoms with E-state index in [9.17, 15) is 0 Å². The zero-order valence-electron chi connectivity index (χ0n) is 19.7. The fourth-order valence-electron chi connectivity index (χ4n) is 4.17. The van der Waals surface area contributed by atoms with E-state index in [2.05, 4.69) is 39.8 Å². The molecule has 1 aromatic carbocycles. The van der Waals surface area contributed by atoms with Crippen molar-refractivity contribution in [2.45, 2.75) is 58.8 Å². The van der Waals surface area contributed by atoms with Crippen molar-refractivity contribution in [2.75, 3.05) is 33.4 Å². The molecule has 7 nitrogen and oxygen atoms in total. The van der Waals surface area contributed by atoms with Crippen LogP contribution >= 0.6 is 24.0 Å². The molecule has 1 fully saturated rings. The van der Waals surface area contributed by atoms with E-state index < -0.39 is 0 Å². The molecule has 1 heterocycles. The molecule has 2 N–H and O–H groups in total. The van der Waals surface area contributed by atoms with E-state index in [4.69, 9.17) is 14.3 Å². The van der Waals surface area contributed by atoms with Crippen LogP contribution in [0.15, 0.2) is 33.8 Å². The first-order chi connectivity index (χ1) is 15.2. The summed E-state index contributed by atoms with van der Waals surface area (Å²) in [6.07, 6.45) is 7.92. The fraction of sp³-hybridized carbons (Fsp3) is 0.625. The van der Waals surface area contributed by atoms with Gasteiger partial charge in [-0.2, -0.15) is 4.98 Å². The van der Waals surface area contributed by atoms with Crippen LogP contribution in [0.5, 0.6) is 0 Å². The molecule has 178 valence electrons. The molecule has 1 saturated carbocycles. The van der Waals surface area contributed by atoms with Gasteiger partial charge >= 0.3 is 0 Å². The van der Waals surface area contributed by atoms with E-state index in [0.29, 0.717) is 11.3 Å². The minimum Gasteiger partial charge on any atom is -0.385 e. The number of halogens is 1. The van der Waals surface area contributed by atoms with E-state index >= 15 is 0 Å². The number of hydrogen-bond donors (Lipinski definition) is 2. The average Bonchev–Trinajstić information content (AvgIpc) is 3.47. The minimum atomic E-state index is 0. The van der Waals surface area contributed by atoms with Crippen molar-refractivity contribution in [1.29, 1.82) is 0 Å². The van der Waals surface area contributed by atoms with Gasteiger partial charge in [-0.3, -0.25) is 4.99 Å². The molecule has 8 heteroatoms. The normalized spacial score (nSPS) is 15.4. The molecule has 0 radical (unpaired) electrons. The third-order valence-electron chi connectivity index (χ3n) is 6.11. The number of aliphatic imine (C=N–C) groups is 1. The summed E-state index contributed by atoms with van der Waals surface area (Å²) >= 11 is 0. The van der Waals surface area contributed by atoms with Gasteiger partial charge in [0.25, 0.3) is 5.89 Å². The molecule has 0 aliphatic heterocycles. The zero-order chi connectivity index (χ0) is 21.9. The molecule has 1 aliphatic rings. The van der Waals surface area contributed by atoms with Gasteiger partial charge in [-0.1, -0.05) is 37.1 Å². The van der Waals surface area contributed by atoms with Gasteiger partial charge in [-0.25, -0.2) is 0 Å². The second-order valence-electron chi connectivity index (χ2n) is 8.39. The van der Waals surface area contributed by atoms with Crippen LogP contribution in [0.2, 0.25) is 0 Å². The molecule has 0 spiro atoms. The van der Waals surface area contributed by atoms with Gasteiger partial charge in [-0.15, -0.1) is 24.0 Å². The summed E-state index contributed by atoms with van der Waals surface area (Å²) < 4.78 is 10.7. The SMILES string of the molecule is CCNC(=NCC1(CCOC)CCCC1)NCCc1ccc(-c2nc(CC)no2)cc1.I. The Bertz CT molecular complexity index is 816. The number of hydrogen-bond acceptors (Lipinski definition) is 5. The summed E-state index contributed by atoms with van der Waals surface area (Å²) in [5.41, 5.74) is 2.52. The number of guanidine groups is 1. The molecule has 3 rings (SSSR count). The summed E-state index contributed by atoms with van der Waals surface area (Å²) in [5, 5.41) is 10.8. The number of methoxy groups -OCH3 is 1. The predicted molar refractivity (Wildman–Crippen MR) is 140 cm³/mol. The van der Waals surface area contributed by atoms with E-state index in [1.807, 2.05) is 19.1 Å². The van der Waals surface area contributed by atoms with Crippen molar-refractivity contribution in [1.82, 2.24) is 20.8 Å². The van der Waals surface area contributed by atoms with Crippen LogP contribution in [0.3, 0.4) is 0 Å². The van der Waals surface area contributed by atoms with Gasteiger partial charge in [0.05, 0.1) is 0 Å². The molecule has 0 bridgehead atoms. The van der Waals surface area contributed by atoms with Gasteiger partial charge in [0.1, 0.15) is 0 Å². The predicted octanol–water partition coefficient (Wildman–Crippen LogP) is 4.61. The zero-order valence-corrected chi connectivity index (χ0v) is 22.0. The Hall–Kier alpha value is -1.68. The first-order valence-electron chi connectivity index (χ1n) is 11.6. The van der Waals surface area contributed by atoms with Gasteiger partial charge in [0, 0.05) is 45.3 Å². The Labute approximate surface area is 209 Å². The molecule has 0 unspecified atom stereocenters. The summed E-state index contributed by atoms with van der Waals surface area (Å²) in [6, 6.07) is 8.33. The highest BCUT2D eigenvalue weighted by molar-refractivity contribution is 14.0. The summed E-state index contributed by atoms with van der Waals surface area (Å²) in [4.78, 5) is 9.32. The second-order valence-corrected chi connectivity index (χ2v) is 8.39. The molecular weight excluding hydrogens is 517 g/mol. The maximum Gasteiger partial charge on any atom is 0.257 e. The van der Waals surface area contributed by atoms with Gasteiger partial charge < -0.3 is 19.9 Å². The van der Waals surface area contributed by atoms with Gasteiger partial charge in [-0.05, 0) is 55.7 Å². The Kier molecular flexibility index (Phi) is 11.4. The Balaban J connectivity index is 0.00000363. The topological polar surface area (TPSA) is 84.6 Å². The van der Waals surface area contributed by atoms with Gasteiger partial charge in [0.15, 0.2) is 11.8 Å². The fourth-order valence-corrected chi connectivity index (χ4v) is 4.17. The maximum atomic E-state index is 5.35. The van der Waals surface area contributed by atoms with Crippen molar-refractivity contribution in [3.05, 3.63) is 35.7 Å². The van der Waals surface area contributed by atoms with Crippen LogP contribution in [0.25, 0.3) is 11.5 Å². The molecule has 1 aliphatic carbocycles. The largest absolute Gasteiger partial charge is 0.385 e. The van der Waals surface area contributed by atoms with E-state index in [-0.39, 0.29) is 24.0 Å². The third-order valence-corrected chi connectivity index (χ3v) is 6.11. The second kappa shape index (κ2) is 13.8. The highest BCUT2D eigenvalue weighted by atomic mass is 127. The van der Waals surface area contributed by atoms with Crippen molar-refractivity contribution in [2.24, 2.45) is 10.4 Å². The standard InChI is InChI=1S/C24H37N5O2.HI/c1-4-21-28-22(31-29-21)20-10-8-19(9-11-20)12-16-26-23(25-5-2)27-18-24(15-17-30-3)13-6-7-14-24;/h8-11H,4-7,12-18H2,1-3H3,(H2,25,26,27);1H. The monoisotopic (exact) mass is 555 g/mol. The maximum absolute atomic E-state index is 5.35. The number of nitrogens with zero attached hydrogens (tertiary/aromatic N) is 3. The minimum absolute atomic E-state index is 0. The van der Waals surface area contributed by atoms with E-state index in [1.54, 1.807) is 7.11 Å². The Morgan fingerprint density at radius 1 is 1.16 bits per heavy atom. The van der Waals surface area contributed by atoms with Gasteiger partial charge in [0.2, 0.25) is 0 Å². The van der Waals surface area contributed by atoms with E-state index in [0.717, 1.165) is 62.9 Å². The number of aromatic nitrogens is 2. The molecule has 1 aromatic heterocycles. The van der Waals surface area contributed by atoms with E-state index in [1.165, 1.54) is 31.2 Å². The van der Waals surface area contributed by atoms with Crippen LogP contribution in [0, 0.1) is 5.41 Å². The lowest BCUT2D eigenvalue weighted by atomic mass is 9.83. The smallest absolute Gasteiger partial charge is 0.257 e. The highest BCUT2D eigenvalue weighted by Crippen LogP contribution is 2.41. The first kappa shape index (κ1) is 26.6. The Morgan fingerprint density at radius 3 is 2.53 bits per heavy atom. The Morgan fingerprint density at radius 2 is 1.91 bits per heavy atom. The molecule has 2 aromatic rings. The summed E-state index contributed by atoms with van der Waals surface area (Å²) in [7, 11) is 1.79. The summed E-state index contributed by atoms with van der Waals surface area (Å²) in [6.45, 7) is 7.49. The number of nitrogens with one attached hydrogen (secondary N) is 2. The van der Waals surface area contributed by atoms with Crippen molar-refractivity contribution >= 4 is 29.9 Å².